The van der Waals surface area contributed by atoms with Crippen molar-refractivity contribution in [2.45, 2.75) is 52.0 Å². The van der Waals surface area contributed by atoms with E-state index in [1.165, 1.54) is 0 Å². The normalized spacial score (nSPS) is 11.6. The second-order valence-corrected chi connectivity index (χ2v) is 5.83. The Labute approximate surface area is 141 Å². The smallest absolute Gasteiger partial charge is 0.312 e. The lowest BCUT2D eigenvalue weighted by Gasteiger charge is -2.21. The van der Waals surface area contributed by atoms with E-state index in [2.05, 4.69) is 16.0 Å². The number of carboxylic acid groups (broad SMARTS) is 1. The summed E-state index contributed by atoms with van der Waals surface area (Å²) in [6, 6.07) is -1.24. The van der Waals surface area contributed by atoms with Gasteiger partial charge in [0, 0.05) is 25.9 Å². The van der Waals surface area contributed by atoms with Crippen LogP contribution < -0.4 is 21.7 Å². The highest BCUT2D eigenvalue weighted by Crippen LogP contribution is 2.04. The molecular formula is C15H28N4O5. The number of rotatable bonds is 12. The van der Waals surface area contributed by atoms with Gasteiger partial charge in [-0.05, 0) is 25.2 Å². The van der Waals surface area contributed by atoms with E-state index in [4.69, 9.17) is 10.8 Å². The molecule has 9 nitrogen and oxygen atoms in total. The second kappa shape index (κ2) is 12.1. The molecule has 0 spiro atoms. The standard InChI is InChI=1S/C15H28N4O5/c1-10(2)13(19-11(20)6-5-7-12(21)22)14(23)17-8-3-4-9-18-15(16)24/h10,13H,3-9H2,1-2H3,(H,17,23)(H,19,20)(H,21,22)(H3,16,18,24). The van der Waals surface area contributed by atoms with Crippen molar-refractivity contribution in [2.24, 2.45) is 11.7 Å². The molecule has 0 aromatic heterocycles. The van der Waals surface area contributed by atoms with Crippen molar-refractivity contribution in [3.8, 4) is 0 Å². The summed E-state index contributed by atoms with van der Waals surface area (Å²) in [5.74, 6) is -1.66. The van der Waals surface area contributed by atoms with Gasteiger partial charge in [-0.3, -0.25) is 14.4 Å². The van der Waals surface area contributed by atoms with Crippen molar-refractivity contribution < 1.29 is 24.3 Å². The molecule has 0 aliphatic heterocycles. The number of hydrogen-bond acceptors (Lipinski definition) is 4. The molecule has 0 rings (SSSR count). The summed E-state index contributed by atoms with van der Waals surface area (Å²) in [4.78, 5) is 44.8. The van der Waals surface area contributed by atoms with Crippen molar-refractivity contribution >= 4 is 23.8 Å². The highest BCUT2D eigenvalue weighted by Gasteiger charge is 2.23. The van der Waals surface area contributed by atoms with Crippen LogP contribution in [0.5, 0.6) is 0 Å². The maximum atomic E-state index is 12.1. The Balaban J connectivity index is 4.11. The zero-order valence-electron chi connectivity index (χ0n) is 14.3. The van der Waals surface area contributed by atoms with Crippen LogP contribution in [0.15, 0.2) is 0 Å². The first-order valence-corrected chi connectivity index (χ1v) is 8.06. The lowest BCUT2D eigenvalue weighted by atomic mass is 10.0. The molecule has 0 heterocycles. The summed E-state index contributed by atoms with van der Waals surface area (Å²) < 4.78 is 0. The number of unbranched alkanes of at least 4 members (excludes halogenated alkanes) is 1. The maximum Gasteiger partial charge on any atom is 0.312 e. The monoisotopic (exact) mass is 344 g/mol. The van der Waals surface area contributed by atoms with Gasteiger partial charge in [-0.1, -0.05) is 13.8 Å². The van der Waals surface area contributed by atoms with E-state index in [-0.39, 0.29) is 37.0 Å². The molecule has 0 saturated carbocycles. The van der Waals surface area contributed by atoms with Crippen molar-refractivity contribution in [2.75, 3.05) is 13.1 Å². The summed E-state index contributed by atoms with van der Waals surface area (Å²) in [6.45, 7) is 4.51. The fourth-order valence-electron chi connectivity index (χ4n) is 1.96. The zero-order chi connectivity index (χ0) is 18.5. The number of nitrogens with two attached hydrogens (primary N) is 1. The molecule has 0 saturated heterocycles. The lowest BCUT2D eigenvalue weighted by Crippen LogP contribution is -2.49. The topological polar surface area (TPSA) is 151 Å². The number of amides is 4. The van der Waals surface area contributed by atoms with Gasteiger partial charge in [0.15, 0.2) is 0 Å². The Bertz CT molecular complexity index is 440. The second-order valence-electron chi connectivity index (χ2n) is 5.83. The van der Waals surface area contributed by atoms with Crippen LogP contribution >= 0.6 is 0 Å². The minimum Gasteiger partial charge on any atom is -0.481 e. The van der Waals surface area contributed by atoms with Crippen molar-refractivity contribution in [1.82, 2.24) is 16.0 Å². The zero-order valence-corrected chi connectivity index (χ0v) is 14.3. The molecule has 0 fully saturated rings. The molecule has 9 heteroatoms. The molecule has 1 atom stereocenters. The van der Waals surface area contributed by atoms with Crippen LogP contribution in [0, 0.1) is 5.92 Å². The van der Waals surface area contributed by atoms with Gasteiger partial charge in [-0.2, -0.15) is 0 Å². The van der Waals surface area contributed by atoms with Gasteiger partial charge < -0.3 is 26.8 Å². The van der Waals surface area contributed by atoms with Gasteiger partial charge in [0.25, 0.3) is 0 Å². The number of aliphatic carboxylic acids is 1. The first kappa shape index (κ1) is 21.7. The Morgan fingerprint density at radius 2 is 1.54 bits per heavy atom. The first-order chi connectivity index (χ1) is 11.2. The highest BCUT2D eigenvalue weighted by molar-refractivity contribution is 5.87. The molecule has 0 aromatic rings. The van der Waals surface area contributed by atoms with Crippen molar-refractivity contribution in [3.05, 3.63) is 0 Å². The van der Waals surface area contributed by atoms with E-state index in [9.17, 15) is 19.2 Å². The average Bonchev–Trinajstić information content (AvgIpc) is 2.47. The molecule has 0 radical (unpaired) electrons. The molecule has 4 amide bonds. The number of hydrogen-bond donors (Lipinski definition) is 5. The summed E-state index contributed by atoms with van der Waals surface area (Å²) >= 11 is 0. The SMILES string of the molecule is CC(C)C(NC(=O)CCCC(=O)O)C(=O)NCCCCNC(N)=O. The molecule has 0 aliphatic rings. The van der Waals surface area contributed by atoms with Crippen LogP contribution in [0.25, 0.3) is 0 Å². The number of carbonyl (C=O) groups excluding carboxylic acids is 3. The molecular weight excluding hydrogens is 316 g/mol. The quantitative estimate of drug-likeness (QED) is 0.314. The summed E-state index contributed by atoms with van der Waals surface area (Å²) in [7, 11) is 0. The minimum absolute atomic E-state index is 0.0710. The van der Waals surface area contributed by atoms with Gasteiger partial charge in [0.05, 0.1) is 0 Å². The number of carboxylic acids is 1. The fraction of sp³-hybridized carbons (Fsp3) is 0.733. The number of primary amides is 1. The van der Waals surface area contributed by atoms with E-state index in [0.717, 1.165) is 0 Å². The highest BCUT2D eigenvalue weighted by atomic mass is 16.4. The van der Waals surface area contributed by atoms with E-state index in [1.54, 1.807) is 0 Å². The predicted molar refractivity (Wildman–Crippen MR) is 88.1 cm³/mol. The van der Waals surface area contributed by atoms with Gasteiger partial charge in [0.2, 0.25) is 11.8 Å². The Morgan fingerprint density at radius 1 is 0.958 bits per heavy atom. The minimum atomic E-state index is -0.952. The van der Waals surface area contributed by atoms with Gasteiger partial charge in [-0.15, -0.1) is 0 Å². The van der Waals surface area contributed by atoms with Crippen LogP contribution in [0.2, 0.25) is 0 Å². The summed E-state index contributed by atoms with van der Waals surface area (Å²) in [6.07, 6.45) is 1.58. The fourth-order valence-corrected chi connectivity index (χ4v) is 1.96. The molecule has 6 N–H and O–H groups in total. The van der Waals surface area contributed by atoms with Crippen LogP contribution in [0.4, 0.5) is 4.79 Å². The third-order valence-corrected chi connectivity index (χ3v) is 3.26. The number of nitrogens with one attached hydrogen (secondary N) is 3. The summed E-state index contributed by atoms with van der Waals surface area (Å²) in [5.41, 5.74) is 4.93. The number of urea groups is 1. The van der Waals surface area contributed by atoms with E-state index in [1.807, 2.05) is 13.8 Å². The third-order valence-electron chi connectivity index (χ3n) is 3.26. The maximum absolute atomic E-state index is 12.1. The van der Waals surface area contributed by atoms with Crippen LogP contribution in [0.3, 0.4) is 0 Å². The van der Waals surface area contributed by atoms with Crippen LogP contribution in [-0.4, -0.2) is 48.1 Å². The third kappa shape index (κ3) is 11.3. The molecule has 138 valence electrons. The van der Waals surface area contributed by atoms with Crippen molar-refractivity contribution in [1.29, 1.82) is 0 Å². The molecule has 1 unspecified atom stereocenters. The molecule has 24 heavy (non-hydrogen) atoms. The predicted octanol–water partition coefficient (Wildman–Crippen LogP) is -0.0532. The Hall–Kier alpha value is -2.32. The summed E-state index contributed by atoms with van der Waals surface area (Å²) in [5, 5.41) is 16.4. The van der Waals surface area contributed by atoms with Crippen LogP contribution in [0.1, 0.15) is 46.0 Å². The van der Waals surface area contributed by atoms with E-state index < -0.39 is 18.0 Å². The Morgan fingerprint density at radius 3 is 2.04 bits per heavy atom. The number of carbonyl (C=O) groups is 4. The Kier molecular flexibility index (Phi) is 11.0. The van der Waals surface area contributed by atoms with Crippen molar-refractivity contribution in [3.63, 3.8) is 0 Å². The van der Waals surface area contributed by atoms with E-state index in [0.29, 0.717) is 25.9 Å². The lowest BCUT2D eigenvalue weighted by molar-refractivity contribution is -0.137. The van der Waals surface area contributed by atoms with Crippen LogP contribution in [-0.2, 0) is 14.4 Å². The largest absolute Gasteiger partial charge is 0.481 e. The molecule has 0 aliphatic carbocycles. The first-order valence-electron chi connectivity index (χ1n) is 8.06. The molecule has 0 bridgehead atoms. The average molecular weight is 344 g/mol. The van der Waals surface area contributed by atoms with Gasteiger partial charge in [0.1, 0.15) is 6.04 Å². The molecule has 0 aromatic carbocycles. The van der Waals surface area contributed by atoms with Gasteiger partial charge >= 0.3 is 12.0 Å². The van der Waals surface area contributed by atoms with Gasteiger partial charge in [-0.25, -0.2) is 4.79 Å². The van der Waals surface area contributed by atoms with E-state index >= 15 is 0 Å².